The van der Waals surface area contributed by atoms with Crippen molar-refractivity contribution in [1.82, 2.24) is 0 Å². The average molecular weight is 244 g/mol. The smallest absolute Gasteiger partial charge is 0.313 e. The molecule has 0 N–H and O–H groups in total. The maximum atomic E-state index is 11.1. The minimum atomic E-state index is -0.0728. The van der Waals surface area contributed by atoms with Gasteiger partial charge in [0.2, 0.25) is 0 Å². The highest BCUT2D eigenvalue weighted by molar-refractivity contribution is 5.78. The number of cyclic esters (lactones) is 1. The van der Waals surface area contributed by atoms with Crippen LogP contribution in [0.1, 0.15) is 62.2 Å². The molecule has 1 saturated carbocycles. The molecule has 1 heterocycles. The second kappa shape index (κ2) is 4.75. The van der Waals surface area contributed by atoms with Gasteiger partial charge in [-0.05, 0) is 36.8 Å². The van der Waals surface area contributed by atoms with Crippen LogP contribution < -0.4 is 0 Å². The van der Waals surface area contributed by atoms with Gasteiger partial charge in [-0.3, -0.25) is 4.79 Å². The van der Waals surface area contributed by atoms with Gasteiger partial charge >= 0.3 is 5.97 Å². The second-order valence-corrected chi connectivity index (χ2v) is 5.65. The van der Waals surface area contributed by atoms with Gasteiger partial charge in [-0.1, -0.05) is 43.5 Å². The maximum Gasteiger partial charge on any atom is 0.313 e. The zero-order chi connectivity index (χ0) is 12.5. The predicted molar refractivity (Wildman–Crippen MR) is 70.3 cm³/mol. The van der Waals surface area contributed by atoms with E-state index in [2.05, 4.69) is 24.3 Å². The van der Waals surface area contributed by atoms with Crippen molar-refractivity contribution in [2.24, 2.45) is 5.92 Å². The van der Waals surface area contributed by atoms with Crippen molar-refractivity contribution in [3.8, 4) is 0 Å². The van der Waals surface area contributed by atoms with Crippen LogP contribution in [0.2, 0.25) is 0 Å². The van der Waals surface area contributed by atoms with Crippen molar-refractivity contribution < 1.29 is 9.53 Å². The number of ether oxygens (including phenoxy) is 1. The third-order valence-electron chi connectivity index (χ3n) is 4.41. The average Bonchev–Trinajstić information content (AvgIpc) is 2.45. The molecule has 18 heavy (non-hydrogen) atoms. The molecule has 2 atom stereocenters. The van der Waals surface area contributed by atoms with Crippen LogP contribution in [0.15, 0.2) is 24.3 Å². The van der Waals surface area contributed by atoms with Crippen LogP contribution in [-0.4, -0.2) is 5.97 Å². The Morgan fingerprint density at radius 1 is 1.00 bits per heavy atom. The van der Waals surface area contributed by atoms with Crippen LogP contribution in [0.25, 0.3) is 0 Å². The van der Waals surface area contributed by atoms with Crippen molar-refractivity contribution >= 4 is 5.97 Å². The van der Waals surface area contributed by atoms with Crippen molar-refractivity contribution in [1.29, 1.82) is 0 Å². The van der Waals surface area contributed by atoms with Crippen LogP contribution in [0.3, 0.4) is 0 Å². The normalized spacial score (nSPS) is 28.6. The van der Waals surface area contributed by atoms with Gasteiger partial charge < -0.3 is 4.74 Å². The molecule has 1 aromatic carbocycles. The van der Waals surface area contributed by atoms with Crippen molar-refractivity contribution in [3.63, 3.8) is 0 Å². The number of carbonyl (C=O) groups is 1. The van der Waals surface area contributed by atoms with E-state index in [9.17, 15) is 4.79 Å². The van der Waals surface area contributed by atoms with Crippen molar-refractivity contribution in [3.05, 3.63) is 35.4 Å². The molecule has 0 amide bonds. The van der Waals surface area contributed by atoms with Crippen LogP contribution in [0, 0.1) is 5.92 Å². The van der Waals surface area contributed by atoms with Crippen LogP contribution >= 0.6 is 0 Å². The molecule has 1 aromatic rings. The largest absolute Gasteiger partial charge is 0.456 e. The number of carbonyl (C=O) groups excluding carboxylic acids is 1. The van der Waals surface area contributed by atoms with Gasteiger partial charge in [0.05, 0.1) is 5.92 Å². The monoisotopic (exact) mass is 244 g/mol. The van der Waals surface area contributed by atoms with Gasteiger partial charge in [0.15, 0.2) is 0 Å². The van der Waals surface area contributed by atoms with E-state index in [1.807, 2.05) is 6.92 Å². The van der Waals surface area contributed by atoms with Gasteiger partial charge in [0.1, 0.15) is 6.10 Å². The number of esters is 1. The summed E-state index contributed by atoms with van der Waals surface area (Å²) in [6.45, 7) is 1.94. The van der Waals surface area contributed by atoms with Crippen LogP contribution in [0.5, 0.6) is 0 Å². The first-order valence-electron chi connectivity index (χ1n) is 7.06. The fraction of sp³-hybridized carbons (Fsp3) is 0.562. The summed E-state index contributed by atoms with van der Waals surface area (Å²) in [5.41, 5.74) is 2.60. The summed E-state index contributed by atoms with van der Waals surface area (Å²) in [6.07, 6.45) is 6.76. The highest BCUT2D eigenvalue weighted by atomic mass is 16.6. The lowest BCUT2D eigenvalue weighted by molar-refractivity contribution is -0.183. The quantitative estimate of drug-likeness (QED) is 0.736. The van der Waals surface area contributed by atoms with E-state index in [1.54, 1.807) is 0 Å². The van der Waals surface area contributed by atoms with E-state index in [1.165, 1.54) is 37.7 Å². The first-order valence-corrected chi connectivity index (χ1v) is 7.06. The third-order valence-corrected chi connectivity index (χ3v) is 4.41. The Bertz CT molecular complexity index is 429. The summed E-state index contributed by atoms with van der Waals surface area (Å²) in [5, 5.41) is 0. The van der Waals surface area contributed by atoms with E-state index in [0.29, 0.717) is 0 Å². The molecule has 1 saturated heterocycles. The Kier molecular flexibility index (Phi) is 3.11. The lowest BCUT2D eigenvalue weighted by Crippen LogP contribution is -2.36. The molecule has 1 aliphatic heterocycles. The molecule has 2 heteroatoms. The van der Waals surface area contributed by atoms with E-state index in [0.717, 1.165) is 11.5 Å². The molecule has 0 radical (unpaired) electrons. The number of benzene rings is 1. The van der Waals surface area contributed by atoms with Gasteiger partial charge in [-0.15, -0.1) is 0 Å². The first-order chi connectivity index (χ1) is 8.75. The number of hydrogen-bond acceptors (Lipinski definition) is 2. The Labute approximate surface area is 108 Å². The summed E-state index contributed by atoms with van der Waals surface area (Å²) in [5.74, 6) is 0.691. The molecule has 96 valence electrons. The minimum absolute atomic E-state index is 0.0158. The Morgan fingerprint density at radius 3 is 2.17 bits per heavy atom. The summed E-state index contributed by atoms with van der Waals surface area (Å²) in [7, 11) is 0. The molecule has 0 spiro atoms. The fourth-order valence-electron chi connectivity index (χ4n) is 3.14. The second-order valence-electron chi connectivity index (χ2n) is 5.65. The Balaban J connectivity index is 1.71. The first kappa shape index (κ1) is 11.8. The molecule has 2 fully saturated rings. The van der Waals surface area contributed by atoms with Crippen molar-refractivity contribution in [2.45, 2.75) is 51.0 Å². The van der Waals surface area contributed by atoms with Crippen LogP contribution in [0.4, 0.5) is 0 Å². The zero-order valence-corrected chi connectivity index (χ0v) is 10.9. The zero-order valence-electron chi connectivity index (χ0n) is 10.9. The topological polar surface area (TPSA) is 26.3 Å². The third kappa shape index (κ3) is 2.05. The Morgan fingerprint density at radius 2 is 1.61 bits per heavy atom. The van der Waals surface area contributed by atoms with Crippen LogP contribution in [-0.2, 0) is 9.53 Å². The fourth-order valence-corrected chi connectivity index (χ4v) is 3.14. The maximum absolute atomic E-state index is 11.1. The highest BCUT2D eigenvalue weighted by Gasteiger charge is 2.39. The molecular formula is C16H20O2. The van der Waals surface area contributed by atoms with E-state index >= 15 is 0 Å². The molecule has 0 bridgehead atoms. The standard InChI is InChI=1S/C16H20O2/c1-11-15(18-16(11)17)14-9-7-13(8-10-14)12-5-3-2-4-6-12/h7-12,15H,2-6H2,1H3/t11-,15+/m0/s1. The molecule has 0 unspecified atom stereocenters. The summed E-state index contributed by atoms with van der Waals surface area (Å²) in [6, 6.07) is 8.73. The molecule has 2 nitrogen and oxygen atoms in total. The van der Waals surface area contributed by atoms with E-state index in [-0.39, 0.29) is 18.0 Å². The summed E-state index contributed by atoms with van der Waals surface area (Å²) in [4.78, 5) is 11.1. The Hall–Kier alpha value is -1.31. The summed E-state index contributed by atoms with van der Waals surface area (Å²) >= 11 is 0. The lowest BCUT2D eigenvalue weighted by Gasteiger charge is -2.33. The molecule has 1 aliphatic carbocycles. The number of rotatable bonds is 2. The molecule has 3 rings (SSSR count). The molecular weight excluding hydrogens is 224 g/mol. The highest BCUT2D eigenvalue weighted by Crippen LogP contribution is 2.38. The van der Waals surface area contributed by atoms with Gasteiger partial charge in [0, 0.05) is 0 Å². The number of hydrogen-bond donors (Lipinski definition) is 0. The molecule has 0 aromatic heterocycles. The lowest BCUT2D eigenvalue weighted by atomic mass is 9.83. The van der Waals surface area contributed by atoms with Gasteiger partial charge in [0.25, 0.3) is 0 Å². The van der Waals surface area contributed by atoms with Gasteiger partial charge in [-0.25, -0.2) is 0 Å². The van der Waals surface area contributed by atoms with Crippen molar-refractivity contribution in [2.75, 3.05) is 0 Å². The predicted octanol–water partition coefficient (Wildman–Crippen LogP) is 3.97. The molecule has 2 aliphatic rings. The van der Waals surface area contributed by atoms with E-state index < -0.39 is 0 Å². The van der Waals surface area contributed by atoms with Gasteiger partial charge in [-0.2, -0.15) is 0 Å². The summed E-state index contributed by atoms with van der Waals surface area (Å²) < 4.78 is 5.18. The SMILES string of the molecule is C[C@@H]1C(=O)O[C@H]1c1ccc(C2CCCCC2)cc1. The minimum Gasteiger partial charge on any atom is -0.456 e. The van der Waals surface area contributed by atoms with E-state index in [4.69, 9.17) is 4.74 Å².